The maximum Gasteiger partial charge on any atom is 0.0794 e. The molecule has 11 heavy (non-hydrogen) atoms. The van der Waals surface area contributed by atoms with Crippen LogP contribution in [0.3, 0.4) is 0 Å². The standard InChI is InChI=1S/C7H9NS.C2H6/c1-3-4-7-6(2)5-9-8-7;1-2/h3-5H,1-2H3;1-2H3/b4-3-;. The summed E-state index contributed by atoms with van der Waals surface area (Å²) >= 11 is 1.50. The fourth-order valence-corrected chi connectivity index (χ4v) is 1.26. The number of hydrogen-bond acceptors (Lipinski definition) is 2. The van der Waals surface area contributed by atoms with Crippen molar-refractivity contribution >= 4 is 17.6 Å². The molecule has 0 spiro atoms. The van der Waals surface area contributed by atoms with Gasteiger partial charge in [0.15, 0.2) is 0 Å². The molecule has 0 N–H and O–H groups in total. The highest BCUT2D eigenvalue weighted by atomic mass is 32.1. The largest absolute Gasteiger partial charge is 0.193 e. The summed E-state index contributed by atoms with van der Waals surface area (Å²) in [5.41, 5.74) is 2.36. The van der Waals surface area contributed by atoms with Gasteiger partial charge >= 0.3 is 0 Å². The van der Waals surface area contributed by atoms with E-state index < -0.39 is 0 Å². The van der Waals surface area contributed by atoms with E-state index in [9.17, 15) is 0 Å². The first-order valence-electron chi connectivity index (χ1n) is 3.88. The highest BCUT2D eigenvalue weighted by Gasteiger charge is 1.92. The fourth-order valence-electron chi connectivity index (χ4n) is 0.614. The van der Waals surface area contributed by atoms with Gasteiger partial charge in [0, 0.05) is 5.38 Å². The molecule has 0 saturated heterocycles. The molecule has 1 nitrogen and oxygen atoms in total. The first-order chi connectivity index (χ1) is 5.34. The van der Waals surface area contributed by atoms with E-state index in [1.165, 1.54) is 17.1 Å². The van der Waals surface area contributed by atoms with Gasteiger partial charge in [-0.1, -0.05) is 19.9 Å². The average Bonchev–Trinajstić information content (AvgIpc) is 2.42. The molecule has 0 aliphatic carbocycles. The molecule has 1 aromatic rings. The van der Waals surface area contributed by atoms with Crippen molar-refractivity contribution in [3.8, 4) is 0 Å². The lowest BCUT2D eigenvalue weighted by atomic mass is 10.3. The minimum atomic E-state index is 1.10. The quantitative estimate of drug-likeness (QED) is 0.627. The van der Waals surface area contributed by atoms with Crippen LogP contribution in [0.1, 0.15) is 32.0 Å². The third-order valence-corrected chi connectivity index (χ3v) is 1.87. The number of rotatable bonds is 1. The highest BCUT2D eigenvalue weighted by Crippen LogP contribution is 2.09. The van der Waals surface area contributed by atoms with Crippen molar-refractivity contribution in [2.75, 3.05) is 0 Å². The van der Waals surface area contributed by atoms with Crippen LogP contribution >= 0.6 is 11.5 Å². The third-order valence-electron chi connectivity index (χ3n) is 1.11. The second kappa shape index (κ2) is 6.10. The maximum absolute atomic E-state index is 4.16. The minimum absolute atomic E-state index is 1.10. The van der Waals surface area contributed by atoms with Crippen molar-refractivity contribution in [1.29, 1.82) is 0 Å². The fraction of sp³-hybridized carbons (Fsp3) is 0.444. The van der Waals surface area contributed by atoms with Crippen LogP contribution in [0.5, 0.6) is 0 Å². The predicted octanol–water partition coefficient (Wildman–Crippen LogP) is 3.51. The first kappa shape index (κ1) is 10.4. The predicted molar refractivity (Wildman–Crippen MR) is 52.9 cm³/mol. The Morgan fingerprint density at radius 3 is 2.45 bits per heavy atom. The Kier molecular flexibility index (Phi) is 5.75. The monoisotopic (exact) mass is 169 g/mol. The Bertz CT molecular complexity index is 213. The van der Waals surface area contributed by atoms with Crippen LogP contribution < -0.4 is 0 Å². The van der Waals surface area contributed by atoms with Crippen molar-refractivity contribution in [1.82, 2.24) is 4.37 Å². The summed E-state index contributed by atoms with van der Waals surface area (Å²) in [5.74, 6) is 0. The number of aromatic nitrogens is 1. The molecule has 0 fully saturated rings. The summed E-state index contributed by atoms with van der Waals surface area (Å²) in [6, 6.07) is 0. The van der Waals surface area contributed by atoms with Crippen LogP contribution in [-0.4, -0.2) is 4.37 Å². The van der Waals surface area contributed by atoms with E-state index in [1.807, 2.05) is 32.9 Å². The third kappa shape index (κ3) is 3.33. The Morgan fingerprint density at radius 1 is 1.45 bits per heavy atom. The van der Waals surface area contributed by atoms with Gasteiger partial charge in [0.1, 0.15) is 0 Å². The number of aryl methyl sites for hydroxylation is 1. The molecule has 0 radical (unpaired) electrons. The van der Waals surface area contributed by atoms with Crippen molar-refractivity contribution < 1.29 is 0 Å². The maximum atomic E-state index is 4.16. The Hall–Kier alpha value is -0.630. The summed E-state index contributed by atoms with van der Waals surface area (Å²) in [6.07, 6.45) is 4.02. The molecule has 0 bridgehead atoms. The lowest BCUT2D eigenvalue weighted by Gasteiger charge is -1.82. The van der Waals surface area contributed by atoms with E-state index in [0.29, 0.717) is 0 Å². The second-order valence-corrected chi connectivity index (χ2v) is 2.51. The van der Waals surface area contributed by atoms with E-state index in [2.05, 4.69) is 16.7 Å². The van der Waals surface area contributed by atoms with E-state index >= 15 is 0 Å². The molecular formula is C9H15NS. The molecule has 2 heteroatoms. The molecule has 0 aromatic carbocycles. The average molecular weight is 169 g/mol. The summed E-state index contributed by atoms with van der Waals surface area (Å²) in [5, 5.41) is 2.05. The molecule has 0 amide bonds. The molecule has 1 rings (SSSR count). The van der Waals surface area contributed by atoms with E-state index in [4.69, 9.17) is 0 Å². The summed E-state index contributed by atoms with van der Waals surface area (Å²) < 4.78 is 4.16. The number of allylic oxidation sites excluding steroid dienone is 1. The lowest BCUT2D eigenvalue weighted by molar-refractivity contribution is 1.40. The summed E-state index contributed by atoms with van der Waals surface area (Å²) in [6.45, 7) is 8.07. The second-order valence-electron chi connectivity index (χ2n) is 1.88. The SMILES string of the molecule is C/C=C\c1nscc1C.CC. The lowest BCUT2D eigenvalue weighted by Crippen LogP contribution is -1.71. The van der Waals surface area contributed by atoms with Crippen molar-refractivity contribution in [3.05, 3.63) is 22.7 Å². The summed E-state index contributed by atoms with van der Waals surface area (Å²) in [4.78, 5) is 0. The van der Waals surface area contributed by atoms with Crippen LogP contribution in [0.4, 0.5) is 0 Å². The van der Waals surface area contributed by atoms with Gasteiger partial charge in [-0.25, -0.2) is 0 Å². The van der Waals surface area contributed by atoms with Gasteiger partial charge in [-0.3, -0.25) is 0 Å². The van der Waals surface area contributed by atoms with Gasteiger partial charge < -0.3 is 0 Å². The molecule has 1 aromatic heterocycles. The molecule has 0 aliphatic rings. The van der Waals surface area contributed by atoms with Crippen molar-refractivity contribution in [2.45, 2.75) is 27.7 Å². The Labute approximate surface area is 72.9 Å². The van der Waals surface area contributed by atoms with Crippen LogP contribution in [0, 0.1) is 6.92 Å². The topological polar surface area (TPSA) is 12.9 Å². The van der Waals surface area contributed by atoms with Crippen LogP contribution in [-0.2, 0) is 0 Å². The normalized spacial score (nSPS) is 9.45. The minimum Gasteiger partial charge on any atom is -0.193 e. The van der Waals surface area contributed by atoms with E-state index in [0.717, 1.165) is 5.69 Å². The van der Waals surface area contributed by atoms with Crippen molar-refractivity contribution in [3.63, 3.8) is 0 Å². The molecule has 0 aliphatic heterocycles. The molecule has 0 saturated carbocycles. The molecular weight excluding hydrogens is 154 g/mol. The summed E-state index contributed by atoms with van der Waals surface area (Å²) in [7, 11) is 0. The zero-order chi connectivity index (χ0) is 8.69. The van der Waals surface area contributed by atoms with E-state index in [1.54, 1.807) is 0 Å². The van der Waals surface area contributed by atoms with Gasteiger partial charge in [-0.15, -0.1) is 0 Å². The molecule has 0 atom stereocenters. The van der Waals surface area contributed by atoms with Gasteiger partial charge in [0.05, 0.1) is 5.69 Å². The first-order valence-corrected chi connectivity index (χ1v) is 4.72. The Morgan fingerprint density at radius 2 is 2.09 bits per heavy atom. The molecule has 1 heterocycles. The zero-order valence-corrected chi connectivity index (χ0v) is 8.40. The van der Waals surface area contributed by atoms with Crippen LogP contribution in [0.25, 0.3) is 6.08 Å². The Balaban J connectivity index is 0.000000461. The van der Waals surface area contributed by atoms with Gasteiger partial charge in [-0.2, -0.15) is 4.37 Å². The number of nitrogens with zero attached hydrogens (tertiary/aromatic N) is 1. The molecule has 62 valence electrons. The van der Waals surface area contributed by atoms with Gasteiger partial charge in [0.25, 0.3) is 0 Å². The van der Waals surface area contributed by atoms with Gasteiger partial charge in [-0.05, 0) is 37.0 Å². The van der Waals surface area contributed by atoms with Crippen LogP contribution in [0.2, 0.25) is 0 Å². The highest BCUT2D eigenvalue weighted by molar-refractivity contribution is 7.03. The van der Waals surface area contributed by atoms with E-state index in [-0.39, 0.29) is 0 Å². The smallest absolute Gasteiger partial charge is 0.0794 e. The number of hydrogen-bond donors (Lipinski definition) is 0. The molecule has 0 unspecified atom stereocenters. The van der Waals surface area contributed by atoms with Gasteiger partial charge in [0.2, 0.25) is 0 Å². The van der Waals surface area contributed by atoms with Crippen molar-refractivity contribution in [2.24, 2.45) is 0 Å². The van der Waals surface area contributed by atoms with Crippen LogP contribution in [0.15, 0.2) is 11.5 Å². The zero-order valence-electron chi connectivity index (χ0n) is 7.59.